The first kappa shape index (κ1) is 8.39. The zero-order valence-corrected chi connectivity index (χ0v) is 6.62. The fourth-order valence-corrected chi connectivity index (χ4v) is 1.15. The van der Waals surface area contributed by atoms with Crippen LogP contribution in [-0.4, -0.2) is 8.76 Å². The first-order valence-electron chi connectivity index (χ1n) is 3.12. The standard InChI is InChI=1S/C7H9NO2S/c8-7(11(9)10)6-4-2-1-3-5-6/h1-5,7H,8H2,(H,9,10). The van der Waals surface area contributed by atoms with Gasteiger partial charge in [-0.15, -0.1) is 0 Å². The van der Waals surface area contributed by atoms with Crippen molar-refractivity contribution in [3.63, 3.8) is 0 Å². The molecule has 2 unspecified atom stereocenters. The number of hydrogen-bond donors (Lipinski definition) is 2. The molecule has 3 nitrogen and oxygen atoms in total. The van der Waals surface area contributed by atoms with Crippen LogP contribution in [0.4, 0.5) is 0 Å². The Kier molecular flexibility index (Phi) is 2.76. The van der Waals surface area contributed by atoms with Crippen molar-refractivity contribution in [2.24, 2.45) is 5.73 Å². The van der Waals surface area contributed by atoms with Crippen LogP contribution in [0, 0.1) is 0 Å². The second-order valence-corrected chi connectivity index (χ2v) is 3.17. The molecule has 0 aliphatic rings. The smallest absolute Gasteiger partial charge is 0.175 e. The Hall–Kier alpha value is -0.710. The monoisotopic (exact) mass is 171 g/mol. The molecule has 0 aromatic heterocycles. The highest BCUT2D eigenvalue weighted by atomic mass is 32.2. The van der Waals surface area contributed by atoms with E-state index in [1.54, 1.807) is 24.3 Å². The lowest BCUT2D eigenvalue weighted by atomic mass is 10.2. The zero-order chi connectivity index (χ0) is 8.27. The summed E-state index contributed by atoms with van der Waals surface area (Å²) in [4.78, 5) is 0. The Bertz CT molecular complexity index is 250. The molecule has 60 valence electrons. The predicted octanol–water partition coefficient (Wildman–Crippen LogP) is 0.866. The zero-order valence-electron chi connectivity index (χ0n) is 5.81. The fraction of sp³-hybridized carbons (Fsp3) is 0.143. The third kappa shape index (κ3) is 2.11. The van der Waals surface area contributed by atoms with Gasteiger partial charge < -0.3 is 10.3 Å². The summed E-state index contributed by atoms with van der Waals surface area (Å²) in [5, 5.41) is -0.795. The van der Waals surface area contributed by atoms with E-state index in [9.17, 15) is 4.21 Å². The van der Waals surface area contributed by atoms with E-state index in [0.29, 0.717) is 5.56 Å². The highest BCUT2D eigenvalue weighted by molar-refractivity contribution is 7.79. The van der Waals surface area contributed by atoms with E-state index >= 15 is 0 Å². The van der Waals surface area contributed by atoms with Crippen molar-refractivity contribution in [1.82, 2.24) is 0 Å². The van der Waals surface area contributed by atoms with E-state index in [1.165, 1.54) is 0 Å². The average molecular weight is 171 g/mol. The van der Waals surface area contributed by atoms with Crippen LogP contribution in [0.15, 0.2) is 30.3 Å². The van der Waals surface area contributed by atoms with Crippen LogP contribution in [0.2, 0.25) is 0 Å². The summed E-state index contributed by atoms with van der Waals surface area (Å²) in [5.74, 6) is 0. The van der Waals surface area contributed by atoms with E-state index in [-0.39, 0.29) is 0 Å². The minimum Gasteiger partial charge on any atom is -0.312 e. The van der Waals surface area contributed by atoms with E-state index in [0.717, 1.165) is 0 Å². The van der Waals surface area contributed by atoms with Crippen molar-refractivity contribution in [1.29, 1.82) is 0 Å². The van der Waals surface area contributed by atoms with Crippen LogP contribution >= 0.6 is 0 Å². The largest absolute Gasteiger partial charge is 0.312 e. The summed E-state index contributed by atoms with van der Waals surface area (Å²) < 4.78 is 19.1. The van der Waals surface area contributed by atoms with Gasteiger partial charge in [-0.2, -0.15) is 0 Å². The van der Waals surface area contributed by atoms with Gasteiger partial charge in [0.15, 0.2) is 11.1 Å². The summed E-state index contributed by atoms with van der Waals surface area (Å²) in [6, 6.07) is 8.83. The molecule has 4 heteroatoms. The molecule has 0 radical (unpaired) electrons. The molecule has 0 saturated carbocycles. The van der Waals surface area contributed by atoms with Crippen LogP contribution in [0.1, 0.15) is 10.9 Å². The Morgan fingerprint density at radius 2 is 1.91 bits per heavy atom. The fourth-order valence-electron chi connectivity index (χ4n) is 0.759. The molecule has 0 aliphatic carbocycles. The third-order valence-electron chi connectivity index (χ3n) is 1.35. The summed E-state index contributed by atoms with van der Waals surface area (Å²) in [5.41, 5.74) is 6.06. The van der Waals surface area contributed by atoms with Crippen molar-refractivity contribution < 1.29 is 8.76 Å². The van der Waals surface area contributed by atoms with Gasteiger partial charge in [-0.05, 0) is 5.56 Å². The third-order valence-corrected chi connectivity index (χ3v) is 2.05. The summed E-state index contributed by atoms with van der Waals surface area (Å²) in [7, 11) is 0. The van der Waals surface area contributed by atoms with Gasteiger partial charge in [0.25, 0.3) is 0 Å². The van der Waals surface area contributed by atoms with Gasteiger partial charge in [0.1, 0.15) is 5.37 Å². The Morgan fingerprint density at radius 3 is 2.36 bits per heavy atom. The number of rotatable bonds is 2. The molecule has 1 aromatic rings. The SMILES string of the molecule is NC(c1ccccc1)S(=O)O. The minimum atomic E-state index is -1.98. The van der Waals surface area contributed by atoms with Crippen LogP contribution in [0.25, 0.3) is 0 Å². The topological polar surface area (TPSA) is 63.3 Å². The number of hydrogen-bond acceptors (Lipinski definition) is 2. The van der Waals surface area contributed by atoms with Gasteiger partial charge in [-0.3, -0.25) is 0 Å². The van der Waals surface area contributed by atoms with Crippen molar-refractivity contribution >= 4 is 11.1 Å². The maximum atomic E-state index is 10.5. The van der Waals surface area contributed by atoms with Crippen molar-refractivity contribution in [3.05, 3.63) is 35.9 Å². The first-order chi connectivity index (χ1) is 5.22. The van der Waals surface area contributed by atoms with Crippen molar-refractivity contribution in [3.8, 4) is 0 Å². The predicted molar refractivity (Wildman–Crippen MR) is 44.1 cm³/mol. The lowest BCUT2D eigenvalue weighted by molar-refractivity contribution is 0.551. The molecule has 0 fully saturated rings. The average Bonchev–Trinajstić information content (AvgIpc) is 2.05. The highest BCUT2D eigenvalue weighted by Gasteiger charge is 2.09. The van der Waals surface area contributed by atoms with Gasteiger partial charge >= 0.3 is 0 Å². The molecule has 2 atom stereocenters. The summed E-state index contributed by atoms with van der Waals surface area (Å²) >= 11 is -1.98. The van der Waals surface area contributed by atoms with E-state index in [4.69, 9.17) is 10.3 Å². The molecule has 3 N–H and O–H groups in total. The van der Waals surface area contributed by atoms with Gasteiger partial charge in [-0.25, -0.2) is 4.21 Å². The minimum absolute atomic E-state index is 0.674. The molecule has 1 aromatic carbocycles. The van der Waals surface area contributed by atoms with Gasteiger partial charge in [-0.1, -0.05) is 30.3 Å². The van der Waals surface area contributed by atoms with Gasteiger partial charge in [0, 0.05) is 0 Å². The lowest BCUT2D eigenvalue weighted by Gasteiger charge is -2.05. The van der Waals surface area contributed by atoms with Crippen LogP contribution < -0.4 is 5.73 Å². The molecule has 0 saturated heterocycles. The molecule has 0 heterocycles. The number of benzene rings is 1. The molecule has 11 heavy (non-hydrogen) atoms. The van der Waals surface area contributed by atoms with E-state index in [2.05, 4.69) is 0 Å². The molecular weight excluding hydrogens is 162 g/mol. The summed E-state index contributed by atoms with van der Waals surface area (Å²) in [6.07, 6.45) is 0. The molecule has 0 bridgehead atoms. The molecule has 1 rings (SSSR count). The number of nitrogens with two attached hydrogens (primary N) is 1. The summed E-state index contributed by atoms with van der Waals surface area (Å²) in [6.45, 7) is 0. The van der Waals surface area contributed by atoms with Crippen LogP contribution in [0.5, 0.6) is 0 Å². The second kappa shape index (κ2) is 3.61. The Morgan fingerprint density at radius 1 is 1.36 bits per heavy atom. The second-order valence-electron chi connectivity index (χ2n) is 2.11. The lowest BCUT2D eigenvalue weighted by Crippen LogP contribution is -2.15. The quantitative estimate of drug-likeness (QED) is 0.649. The van der Waals surface area contributed by atoms with Crippen LogP contribution in [-0.2, 0) is 11.1 Å². The normalized spacial score (nSPS) is 15.8. The van der Waals surface area contributed by atoms with E-state index < -0.39 is 16.5 Å². The Balaban J connectivity index is 2.85. The molecule has 0 aliphatic heterocycles. The maximum Gasteiger partial charge on any atom is 0.175 e. The van der Waals surface area contributed by atoms with Crippen molar-refractivity contribution in [2.45, 2.75) is 5.37 Å². The van der Waals surface area contributed by atoms with Crippen molar-refractivity contribution in [2.75, 3.05) is 0 Å². The highest BCUT2D eigenvalue weighted by Crippen LogP contribution is 2.10. The maximum absolute atomic E-state index is 10.5. The molecule has 0 amide bonds. The first-order valence-corrected chi connectivity index (χ1v) is 4.29. The molecule has 0 spiro atoms. The van der Waals surface area contributed by atoms with Gasteiger partial charge in [0.05, 0.1) is 0 Å². The Labute approximate surface area is 67.5 Å². The van der Waals surface area contributed by atoms with E-state index in [1.807, 2.05) is 6.07 Å². The van der Waals surface area contributed by atoms with Crippen LogP contribution in [0.3, 0.4) is 0 Å². The molecular formula is C7H9NO2S. The van der Waals surface area contributed by atoms with Gasteiger partial charge in [0.2, 0.25) is 0 Å².